The van der Waals surface area contributed by atoms with Gasteiger partial charge in [-0.2, -0.15) is 4.98 Å². The highest BCUT2D eigenvalue weighted by Gasteiger charge is 2.26. The van der Waals surface area contributed by atoms with Gasteiger partial charge in [-0.05, 0) is 12.8 Å². The van der Waals surface area contributed by atoms with Gasteiger partial charge in [-0.25, -0.2) is 0 Å². The summed E-state index contributed by atoms with van der Waals surface area (Å²) in [7, 11) is 0. The van der Waals surface area contributed by atoms with E-state index >= 15 is 0 Å². The van der Waals surface area contributed by atoms with Crippen LogP contribution in [0.1, 0.15) is 65.7 Å². The van der Waals surface area contributed by atoms with Gasteiger partial charge in [0, 0.05) is 5.41 Å². The van der Waals surface area contributed by atoms with Crippen LogP contribution in [-0.4, -0.2) is 22.1 Å². The number of amides is 1. The number of nitrogens with zero attached hydrogens (tertiary/aromatic N) is 2. The van der Waals surface area contributed by atoms with Gasteiger partial charge in [0.2, 0.25) is 11.8 Å². The Bertz CT molecular complexity index is 450. The summed E-state index contributed by atoms with van der Waals surface area (Å²) in [6, 6.07) is -0.867. The van der Waals surface area contributed by atoms with E-state index in [2.05, 4.69) is 15.5 Å². The fourth-order valence-corrected chi connectivity index (χ4v) is 1.60. The molecule has 3 atom stereocenters. The van der Waals surface area contributed by atoms with Crippen molar-refractivity contribution >= 4 is 5.91 Å². The van der Waals surface area contributed by atoms with Gasteiger partial charge in [-0.1, -0.05) is 46.2 Å². The first-order valence-corrected chi connectivity index (χ1v) is 7.06. The van der Waals surface area contributed by atoms with E-state index in [9.17, 15) is 4.79 Å². The smallest absolute Gasteiger partial charge is 0.248 e. The zero-order valence-corrected chi connectivity index (χ0v) is 13.2. The number of hydrogen-bond donors (Lipinski definition) is 2. The van der Waals surface area contributed by atoms with E-state index in [0.29, 0.717) is 11.7 Å². The molecule has 1 rings (SSSR count). The lowest BCUT2D eigenvalue weighted by Gasteiger charge is -2.19. The van der Waals surface area contributed by atoms with Crippen LogP contribution in [0.3, 0.4) is 0 Å². The second-order valence-corrected chi connectivity index (χ2v) is 6.35. The highest BCUT2D eigenvalue weighted by atomic mass is 16.5. The van der Waals surface area contributed by atoms with Crippen LogP contribution < -0.4 is 11.1 Å². The molecule has 1 amide bonds. The molecule has 3 N–H and O–H groups in total. The van der Waals surface area contributed by atoms with Crippen LogP contribution in [0.5, 0.6) is 0 Å². The first-order valence-electron chi connectivity index (χ1n) is 7.06. The van der Waals surface area contributed by atoms with Crippen LogP contribution in [0.25, 0.3) is 0 Å². The average Bonchev–Trinajstić information content (AvgIpc) is 2.86. The third-order valence-corrected chi connectivity index (χ3v) is 3.40. The van der Waals surface area contributed by atoms with E-state index in [1.807, 2.05) is 34.6 Å². The molecule has 1 aromatic heterocycles. The Balaban J connectivity index is 2.69. The van der Waals surface area contributed by atoms with E-state index < -0.39 is 6.04 Å². The number of hydrogen-bond acceptors (Lipinski definition) is 5. The third-order valence-electron chi connectivity index (χ3n) is 3.40. The zero-order valence-electron chi connectivity index (χ0n) is 13.2. The molecule has 0 aliphatic carbocycles. The summed E-state index contributed by atoms with van der Waals surface area (Å²) in [5, 5.41) is 6.76. The Morgan fingerprint density at radius 3 is 2.45 bits per heavy atom. The Labute approximate surface area is 120 Å². The van der Waals surface area contributed by atoms with Crippen molar-refractivity contribution in [1.29, 1.82) is 0 Å². The molecule has 1 aromatic rings. The Hall–Kier alpha value is -1.43. The Morgan fingerprint density at radius 1 is 1.40 bits per heavy atom. The van der Waals surface area contributed by atoms with Crippen molar-refractivity contribution in [3.8, 4) is 0 Å². The summed E-state index contributed by atoms with van der Waals surface area (Å²) in [5.74, 6) is 0.969. The average molecular weight is 282 g/mol. The molecule has 0 spiro atoms. The summed E-state index contributed by atoms with van der Waals surface area (Å²) in [6.07, 6.45) is 0.859. The minimum atomic E-state index is -0.521. The summed E-state index contributed by atoms with van der Waals surface area (Å²) in [5.41, 5.74) is 5.71. The quantitative estimate of drug-likeness (QED) is 0.860. The van der Waals surface area contributed by atoms with Gasteiger partial charge < -0.3 is 15.6 Å². The molecule has 0 bridgehead atoms. The molecular weight excluding hydrogens is 256 g/mol. The van der Waals surface area contributed by atoms with Crippen molar-refractivity contribution in [2.75, 3.05) is 0 Å². The van der Waals surface area contributed by atoms with Gasteiger partial charge in [0.25, 0.3) is 0 Å². The number of carbonyl (C=O) groups is 1. The van der Waals surface area contributed by atoms with Crippen LogP contribution >= 0.6 is 0 Å². The topological polar surface area (TPSA) is 94.0 Å². The minimum Gasteiger partial charge on any atom is -0.343 e. The molecule has 0 saturated heterocycles. The predicted molar refractivity (Wildman–Crippen MR) is 77.0 cm³/mol. The van der Waals surface area contributed by atoms with Gasteiger partial charge in [-0.3, -0.25) is 4.79 Å². The summed E-state index contributed by atoms with van der Waals surface area (Å²) < 4.78 is 5.20. The number of carbonyl (C=O) groups excluding carboxylic acids is 1. The lowest BCUT2D eigenvalue weighted by atomic mass is 9.96. The fraction of sp³-hybridized carbons (Fsp3) is 0.786. The maximum absolute atomic E-state index is 12.0. The standard InChI is InChI=1S/C14H26N4O2/c1-7-8(2)10(15)11(19)16-9(3)12-17-13(18-20-12)14(4,5)6/h8-10H,7,15H2,1-6H3,(H,16,19). The first-order chi connectivity index (χ1) is 9.16. The molecule has 0 saturated carbocycles. The van der Waals surface area contributed by atoms with E-state index in [1.165, 1.54) is 0 Å². The van der Waals surface area contributed by atoms with Crippen molar-refractivity contribution in [2.24, 2.45) is 11.7 Å². The van der Waals surface area contributed by atoms with Gasteiger partial charge in [0.15, 0.2) is 5.82 Å². The molecule has 20 heavy (non-hydrogen) atoms. The second-order valence-electron chi connectivity index (χ2n) is 6.35. The molecule has 6 nitrogen and oxygen atoms in total. The monoisotopic (exact) mass is 282 g/mol. The molecular formula is C14H26N4O2. The van der Waals surface area contributed by atoms with Crippen LogP contribution in [-0.2, 0) is 10.2 Å². The number of nitrogens with one attached hydrogen (secondary N) is 1. The van der Waals surface area contributed by atoms with Gasteiger partial charge in [-0.15, -0.1) is 0 Å². The molecule has 0 aromatic carbocycles. The van der Waals surface area contributed by atoms with Crippen LogP contribution in [0, 0.1) is 5.92 Å². The zero-order chi connectivity index (χ0) is 15.5. The fourth-order valence-electron chi connectivity index (χ4n) is 1.60. The van der Waals surface area contributed by atoms with E-state index in [0.717, 1.165) is 6.42 Å². The Kier molecular flexibility index (Phi) is 5.28. The van der Waals surface area contributed by atoms with Crippen molar-refractivity contribution in [2.45, 2.75) is 65.5 Å². The summed E-state index contributed by atoms with van der Waals surface area (Å²) >= 11 is 0. The second kappa shape index (κ2) is 6.35. The molecule has 0 aliphatic heterocycles. The summed E-state index contributed by atoms with van der Waals surface area (Å²) in [6.45, 7) is 11.8. The highest BCUT2D eigenvalue weighted by molar-refractivity contribution is 5.82. The molecule has 0 aliphatic rings. The molecule has 1 heterocycles. The predicted octanol–water partition coefficient (Wildman–Crippen LogP) is 1.92. The molecule has 3 unspecified atom stereocenters. The van der Waals surface area contributed by atoms with E-state index in [-0.39, 0.29) is 23.3 Å². The molecule has 0 radical (unpaired) electrons. The number of rotatable bonds is 5. The van der Waals surface area contributed by atoms with Gasteiger partial charge >= 0.3 is 0 Å². The SMILES string of the molecule is CCC(C)C(N)C(=O)NC(C)c1nc(C(C)(C)C)no1. The van der Waals surface area contributed by atoms with Crippen molar-refractivity contribution < 1.29 is 9.32 Å². The minimum absolute atomic E-state index is 0.134. The maximum Gasteiger partial charge on any atom is 0.248 e. The lowest BCUT2D eigenvalue weighted by molar-refractivity contribution is -0.124. The van der Waals surface area contributed by atoms with E-state index in [1.54, 1.807) is 6.92 Å². The van der Waals surface area contributed by atoms with E-state index in [4.69, 9.17) is 10.3 Å². The molecule has 0 fully saturated rings. The highest BCUT2D eigenvalue weighted by Crippen LogP contribution is 2.20. The first kappa shape index (κ1) is 16.6. The van der Waals surface area contributed by atoms with Crippen molar-refractivity contribution in [1.82, 2.24) is 15.5 Å². The maximum atomic E-state index is 12.0. The normalized spacial score (nSPS) is 16.6. The summed E-state index contributed by atoms with van der Waals surface area (Å²) in [4.78, 5) is 16.3. The van der Waals surface area contributed by atoms with Crippen LogP contribution in [0.2, 0.25) is 0 Å². The largest absolute Gasteiger partial charge is 0.343 e. The van der Waals surface area contributed by atoms with Gasteiger partial charge in [0.1, 0.15) is 6.04 Å². The van der Waals surface area contributed by atoms with Crippen LogP contribution in [0.4, 0.5) is 0 Å². The van der Waals surface area contributed by atoms with Crippen molar-refractivity contribution in [3.05, 3.63) is 11.7 Å². The molecule has 6 heteroatoms. The third kappa shape index (κ3) is 4.03. The van der Waals surface area contributed by atoms with Crippen molar-refractivity contribution in [3.63, 3.8) is 0 Å². The number of aromatic nitrogens is 2. The lowest BCUT2D eigenvalue weighted by Crippen LogP contribution is -2.45. The van der Waals surface area contributed by atoms with Crippen LogP contribution in [0.15, 0.2) is 4.52 Å². The molecule has 114 valence electrons. The Morgan fingerprint density at radius 2 is 2.00 bits per heavy atom. The number of nitrogens with two attached hydrogens (primary N) is 1. The van der Waals surface area contributed by atoms with Gasteiger partial charge in [0.05, 0.1) is 6.04 Å².